The molecule has 0 saturated carbocycles. The second-order valence-corrected chi connectivity index (χ2v) is 4.59. The summed E-state index contributed by atoms with van der Waals surface area (Å²) in [5.41, 5.74) is 1.17. The van der Waals surface area contributed by atoms with E-state index in [1.165, 1.54) is 23.6 Å². The number of nitrogens with one attached hydrogen (secondary N) is 2. The van der Waals surface area contributed by atoms with Crippen LogP contribution < -0.4 is 5.32 Å². The molecule has 2 heterocycles. The predicted octanol–water partition coefficient (Wildman–Crippen LogP) is 1.25. The van der Waals surface area contributed by atoms with Crippen molar-refractivity contribution in [3.8, 4) is 0 Å². The third-order valence-electron chi connectivity index (χ3n) is 2.33. The van der Waals surface area contributed by atoms with Crippen molar-refractivity contribution in [2.24, 2.45) is 5.92 Å². The quantitative estimate of drug-likeness (QED) is 0.763. The molecule has 3 nitrogen and oxygen atoms in total. The maximum absolute atomic E-state index is 3.97. The van der Waals surface area contributed by atoms with Crippen LogP contribution in [-0.2, 0) is 6.54 Å². The fourth-order valence-corrected chi connectivity index (χ4v) is 2.82. The Labute approximate surface area is 82.7 Å². The predicted molar refractivity (Wildman–Crippen MR) is 55.7 cm³/mol. The molecule has 13 heavy (non-hydrogen) atoms. The van der Waals surface area contributed by atoms with E-state index in [0.29, 0.717) is 0 Å². The highest BCUT2D eigenvalue weighted by Gasteiger charge is 2.14. The second-order valence-electron chi connectivity index (χ2n) is 3.44. The molecule has 2 N–H and O–H groups in total. The fourth-order valence-electron chi connectivity index (χ4n) is 1.54. The maximum Gasteiger partial charge on any atom is 0.0922 e. The van der Waals surface area contributed by atoms with Crippen LogP contribution in [0.5, 0.6) is 0 Å². The lowest BCUT2D eigenvalue weighted by atomic mass is 10.1. The SMILES string of the molecule is c1ncc(CNCC2CCSC2)[nH]1. The average Bonchev–Trinajstić information content (AvgIpc) is 2.75. The van der Waals surface area contributed by atoms with Gasteiger partial charge in [-0.1, -0.05) is 0 Å². The molecule has 1 fully saturated rings. The number of nitrogens with zero attached hydrogens (tertiary/aromatic N) is 1. The van der Waals surface area contributed by atoms with Crippen molar-refractivity contribution in [3.63, 3.8) is 0 Å². The average molecular weight is 197 g/mol. The van der Waals surface area contributed by atoms with Crippen molar-refractivity contribution in [2.75, 3.05) is 18.1 Å². The summed E-state index contributed by atoms with van der Waals surface area (Å²) < 4.78 is 0. The molecule has 1 unspecified atom stereocenters. The van der Waals surface area contributed by atoms with Crippen LogP contribution in [0.3, 0.4) is 0 Å². The monoisotopic (exact) mass is 197 g/mol. The van der Waals surface area contributed by atoms with Gasteiger partial charge < -0.3 is 10.3 Å². The number of hydrogen-bond donors (Lipinski definition) is 2. The summed E-state index contributed by atoms with van der Waals surface area (Å²) in [4.78, 5) is 7.06. The fraction of sp³-hybridized carbons (Fsp3) is 0.667. The third-order valence-corrected chi connectivity index (χ3v) is 3.56. The number of imidazole rings is 1. The molecule has 1 atom stereocenters. The number of aromatic nitrogens is 2. The van der Waals surface area contributed by atoms with Crippen LogP contribution in [0, 0.1) is 5.92 Å². The van der Waals surface area contributed by atoms with Gasteiger partial charge in [0.25, 0.3) is 0 Å². The lowest BCUT2D eigenvalue weighted by molar-refractivity contribution is 0.521. The van der Waals surface area contributed by atoms with E-state index in [9.17, 15) is 0 Å². The summed E-state index contributed by atoms with van der Waals surface area (Å²) in [7, 11) is 0. The Hall–Kier alpha value is -0.480. The first-order valence-corrected chi connectivity index (χ1v) is 5.86. The van der Waals surface area contributed by atoms with Crippen LogP contribution in [0.15, 0.2) is 12.5 Å². The van der Waals surface area contributed by atoms with E-state index >= 15 is 0 Å². The molecular formula is C9H15N3S. The van der Waals surface area contributed by atoms with Gasteiger partial charge in [-0.3, -0.25) is 0 Å². The molecule has 1 saturated heterocycles. The molecule has 0 amide bonds. The summed E-state index contributed by atoms with van der Waals surface area (Å²) in [6.07, 6.45) is 4.97. The molecule has 1 aliphatic heterocycles. The Balaban J connectivity index is 1.63. The normalized spacial score (nSPS) is 22.3. The Morgan fingerprint density at radius 2 is 2.69 bits per heavy atom. The highest BCUT2D eigenvalue weighted by Crippen LogP contribution is 2.22. The summed E-state index contributed by atoms with van der Waals surface area (Å²) in [6.45, 7) is 2.06. The number of rotatable bonds is 4. The Morgan fingerprint density at radius 1 is 1.69 bits per heavy atom. The van der Waals surface area contributed by atoms with Crippen LogP contribution in [0.2, 0.25) is 0 Å². The van der Waals surface area contributed by atoms with Gasteiger partial charge >= 0.3 is 0 Å². The van der Waals surface area contributed by atoms with Gasteiger partial charge in [0.1, 0.15) is 0 Å². The summed E-state index contributed by atoms with van der Waals surface area (Å²) in [5.74, 6) is 3.56. The van der Waals surface area contributed by atoms with E-state index in [4.69, 9.17) is 0 Å². The van der Waals surface area contributed by atoms with Gasteiger partial charge in [0, 0.05) is 18.4 Å². The molecule has 72 valence electrons. The number of H-pyrrole nitrogens is 1. The lowest BCUT2D eigenvalue weighted by Gasteiger charge is -2.08. The summed E-state index contributed by atoms with van der Waals surface area (Å²) >= 11 is 2.07. The topological polar surface area (TPSA) is 40.7 Å². The highest BCUT2D eigenvalue weighted by atomic mass is 32.2. The van der Waals surface area contributed by atoms with Gasteiger partial charge in [0.2, 0.25) is 0 Å². The molecule has 1 aliphatic rings. The molecule has 0 radical (unpaired) electrons. The molecule has 0 aliphatic carbocycles. The van der Waals surface area contributed by atoms with Gasteiger partial charge in [-0.15, -0.1) is 0 Å². The first-order chi connectivity index (χ1) is 6.45. The summed E-state index contributed by atoms with van der Waals surface area (Å²) in [6, 6.07) is 0. The molecule has 1 aromatic rings. The lowest BCUT2D eigenvalue weighted by Crippen LogP contribution is -2.22. The Kier molecular flexibility index (Phi) is 3.27. The van der Waals surface area contributed by atoms with E-state index in [-0.39, 0.29) is 0 Å². The van der Waals surface area contributed by atoms with Gasteiger partial charge in [-0.05, 0) is 30.4 Å². The first-order valence-electron chi connectivity index (χ1n) is 4.71. The molecule has 0 bridgehead atoms. The van der Waals surface area contributed by atoms with E-state index in [0.717, 1.165) is 19.0 Å². The summed E-state index contributed by atoms with van der Waals surface area (Å²) in [5, 5.41) is 3.45. The van der Waals surface area contributed by atoms with Crippen molar-refractivity contribution in [1.82, 2.24) is 15.3 Å². The number of aromatic amines is 1. The van der Waals surface area contributed by atoms with Crippen LogP contribution in [0.4, 0.5) is 0 Å². The van der Waals surface area contributed by atoms with E-state index in [1.807, 2.05) is 6.20 Å². The zero-order valence-electron chi connectivity index (χ0n) is 7.62. The van der Waals surface area contributed by atoms with Gasteiger partial charge in [-0.2, -0.15) is 11.8 Å². The minimum atomic E-state index is 0.882. The number of thioether (sulfide) groups is 1. The van der Waals surface area contributed by atoms with E-state index in [1.54, 1.807) is 6.33 Å². The van der Waals surface area contributed by atoms with Crippen molar-refractivity contribution in [3.05, 3.63) is 18.2 Å². The third kappa shape index (κ3) is 2.74. The molecular weight excluding hydrogens is 182 g/mol. The first kappa shape index (κ1) is 9.09. The van der Waals surface area contributed by atoms with Crippen LogP contribution in [0.25, 0.3) is 0 Å². The smallest absolute Gasteiger partial charge is 0.0922 e. The maximum atomic E-state index is 3.97. The molecule has 4 heteroatoms. The second kappa shape index (κ2) is 4.67. The molecule has 0 spiro atoms. The molecule has 1 aromatic heterocycles. The van der Waals surface area contributed by atoms with Gasteiger partial charge in [-0.25, -0.2) is 4.98 Å². The van der Waals surface area contributed by atoms with E-state index < -0.39 is 0 Å². The molecule has 0 aromatic carbocycles. The largest absolute Gasteiger partial charge is 0.347 e. The van der Waals surface area contributed by atoms with Crippen LogP contribution >= 0.6 is 11.8 Å². The standard InChI is InChI=1S/C9H15N3S/c1-2-13-6-8(1)3-10-4-9-5-11-7-12-9/h5,7-8,10H,1-4,6H2,(H,11,12). The molecule has 2 rings (SSSR count). The number of hydrogen-bond acceptors (Lipinski definition) is 3. The van der Waals surface area contributed by atoms with Crippen molar-refractivity contribution in [2.45, 2.75) is 13.0 Å². The minimum absolute atomic E-state index is 0.882. The Morgan fingerprint density at radius 3 is 3.38 bits per heavy atom. The van der Waals surface area contributed by atoms with Crippen molar-refractivity contribution >= 4 is 11.8 Å². The Bertz CT molecular complexity index is 229. The van der Waals surface area contributed by atoms with Crippen LogP contribution in [0.1, 0.15) is 12.1 Å². The van der Waals surface area contributed by atoms with Gasteiger partial charge in [0.15, 0.2) is 0 Å². The van der Waals surface area contributed by atoms with Crippen LogP contribution in [-0.4, -0.2) is 28.0 Å². The van der Waals surface area contributed by atoms with Crippen molar-refractivity contribution < 1.29 is 0 Å². The zero-order valence-corrected chi connectivity index (χ0v) is 8.44. The minimum Gasteiger partial charge on any atom is -0.347 e. The van der Waals surface area contributed by atoms with Gasteiger partial charge in [0.05, 0.1) is 6.33 Å². The highest BCUT2D eigenvalue weighted by molar-refractivity contribution is 7.99. The van der Waals surface area contributed by atoms with E-state index in [2.05, 4.69) is 27.0 Å². The zero-order chi connectivity index (χ0) is 8.93. The van der Waals surface area contributed by atoms with Crippen molar-refractivity contribution in [1.29, 1.82) is 0 Å².